The first kappa shape index (κ1) is 13.1. The summed E-state index contributed by atoms with van der Waals surface area (Å²) in [4.78, 5) is 17.3. The fourth-order valence-corrected chi connectivity index (χ4v) is 2.84. The van der Waals surface area contributed by atoms with E-state index >= 15 is 0 Å². The lowest BCUT2D eigenvalue weighted by atomic mass is 9.97. The van der Waals surface area contributed by atoms with Crippen LogP contribution >= 0.6 is 11.6 Å². The number of hydrogen-bond acceptors (Lipinski definition) is 3. The van der Waals surface area contributed by atoms with E-state index in [4.69, 9.17) is 16.7 Å². The average Bonchev–Trinajstić information content (AvgIpc) is 2.30. The summed E-state index contributed by atoms with van der Waals surface area (Å²) in [5.74, 6) is -0.308. The van der Waals surface area contributed by atoms with Gasteiger partial charge in [0.1, 0.15) is 5.82 Å². The van der Waals surface area contributed by atoms with E-state index in [-0.39, 0.29) is 5.56 Å². The zero-order chi connectivity index (χ0) is 13.3. The highest BCUT2D eigenvalue weighted by Crippen LogP contribution is 2.32. The van der Waals surface area contributed by atoms with E-state index in [2.05, 4.69) is 23.7 Å². The van der Waals surface area contributed by atoms with Crippen LogP contribution in [0, 0.1) is 0 Å². The van der Waals surface area contributed by atoms with Crippen LogP contribution in [0.4, 0.5) is 5.82 Å². The summed E-state index contributed by atoms with van der Waals surface area (Å²) in [6, 6.07) is 2.24. The van der Waals surface area contributed by atoms with Crippen molar-refractivity contribution in [1.82, 2.24) is 4.98 Å². The van der Waals surface area contributed by atoms with Crippen molar-refractivity contribution in [2.45, 2.75) is 45.2 Å². The minimum absolute atomic E-state index is 0.126. The van der Waals surface area contributed by atoms with Gasteiger partial charge in [-0.25, -0.2) is 9.78 Å². The van der Waals surface area contributed by atoms with E-state index in [0.29, 0.717) is 22.9 Å². The van der Waals surface area contributed by atoms with Crippen molar-refractivity contribution in [1.29, 1.82) is 0 Å². The maximum Gasteiger partial charge on any atom is 0.337 e. The van der Waals surface area contributed by atoms with Crippen LogP contribution in [-0.2, 0) is 0 Å². The summed E-state index contributed by atoms with van der Waals surface area (Å²) in [6.07, 6.45) is 4.81. The number of aromatic nitrogens is 1. The Morgan fingerprint density at radius 3 is 2.56 bits per heavy atom. The van der Waals surface area contributed by atoms with Gasteiger partial charge in [0.05, 0.1) is 10.6 Å². The molecule has 2 atom stereocenters. The molecule has 0 radical (unpaired) electrons. The first-order chi connectivity index (χ1) is 8.50. The van der Waals surface area contributed by atoms with E-state index in [1.54, 1.807) is 0 Å². The minimum Gasteiger partial charge on any atom is -0.478 e. The maximum absolute atomic E-state index is 10.9. The van der Waals surface area contributed by atoms with Gasteiger partial charge in [0.15, 0.2) is 0 Å². The van der Waals surface area contributed by atoms with Crippen molar-refractivity contribution in [2.75, 3.05) is 4.90 Å². The van der Waals surface area contributed by atoms with Gasteiger partial charge in [-0.15, -0.1) is 0 Å². The quantitative estimate of drug-likeness (QED) is 0.895. The molecule has 1 aliphatic rings. The Morgan fingerprint density at radius 2 is 2.06 bits per heavy atom. The van der Waals surface area contributed by atoms with Gasteiger partial charge in [-0.3, -0.25) is 0 Å². The van der Waals surface area contributed by atoms with Gasteiger partial charge in [0.2, 0.25) is 0 Å². The summed E-state index contributed by atoms with van der Waals surface area (Å²) in [5.41, 5.74) is 0.126. The molecule has 0 bridgehead atoms. The third kappa shape index (κ3) is 2.43. The van der Waals surface area contributed by atoms with Crippen molar-refractivity contribution in [3.05, 3.63) is 22.8 Å². The van der Waals surface area contributed by atoms with Gasteiger partial charge in [-0.1, -0.05) is 11.6 Å². The van der Waals surface area contributed by atoms with Crippen LogP contribution in [0.5, 0.6) is 0 Å². The molecule has 98 valence electrons. The molecule has 2 rings (SSSR count). The Hall–Kier alpha value is -1.29. The first-order valence-electron chi connectivity index (χ1n) is 6.18. The minimum atomic E-state index is -1.00. The van der Waals surface area contributed by atoms with Gasteiger partial charge in [0, 0.05) is 18.3 Å². The van der Waals surface area contributed by atoms with E-state index in [1.165, 1.54) is 18.7 Å². The molecule has 1 aliphatic heterocycles. The van der Waals surface area contributed by atoms with Gasteiger partial charge in [-0.2, -0.15) is 0 Å². The predicted molar refractivity (Wildman–Crippen MR) is 71.5 cm³/mol. The summed E-state index contributed by atoms with van der Waals surface area (Å²) >= 11 is 6.17. The second-order valence-electron chi connectivity index (χ2n) is 4.87. The zero-order valence-electron chi connectivity index (χ0n) is 10.6. The van der Waals surface area contributed by atoms with Gasteiger partial charge in [-0.05, 0) is 39.2 Å². The largest absolute Gasteiger partial charge is 0.478 e. The summed E-state index contributed by atoms with van der Waals surface area (Å²) in [6.45, 7) is 4.30. The van der Waals surface area contributed by atoms with Crippen LogP contribution in [0.25, 0.3) is 0 Å². The number of halogens is 1. The van der Waals surface area contributed by atoms with Crippen molar-refractivity contribution in [3.8, 4) is 0 Å². The Balaban J connectivity index is 2.35. The van der Waals surface area contributed by atoms with Crippen LogP contribution in [0.15, 0.2) is 12.3 Å². The Morgan fingerprint density at radius 1 is 1.44 bits per heavy atom. The number of rotatable bonds is 2. The molecule has 1 aromatic heterocycles. The number of aromatic carboxylic acids is 1. The number of carbonyl (C=O) groups is 1. The van der Waals surface area contributed by atoms with Gasteiger partial charge < -0.3 is 10.0 Å². The lowest BCUT2D eigenvalue weighted by Crippen LogP contribution is -2.44. The second-order valence-corrected chi connectivity index (χ2v) is 5.28. The number of hydrogen-bond donors (Lipinski definition) is 1. The predicted octanol–water partition coefficient (Wildman–Crippen LogP) is 3.20. The van der Waals surface area contributed by atoms with Crippen LogP contribution in [0.3, 0.4) is 0 Å². The van der Waals surface area contributed by atoms with Crippen molar-refractivity contribution in [2.24, 2.45) is 0 Å². The first-order valence-corrected chi connectivity index (χ1v) is 6.55. The van der Waals surface area contributed by atoms with Crippen LogP contribution < -0.4 is 4.90 Å². The molecule has 0 spiro atoms. The van der Waals surface area contributed by atoms with Crippen molar-refractivity contribution >= 4 is 23.4 Å². The molecule has 18 heavy (non-hydrogen) atoms. The molecule has 4 nitrogen and oxygen atoms in total. The molecular weight excluding hydrogens is 252 g/mol. The molecule has 0 saturated carbocycles. The molecule has 5 heteroatoms. The summed E-state index contributed by atoms with van der Waals surface area (Å²) in [5, 5.41) is 9.31. The van der Waals surface area contributed by atoms with Gasteiger partial charge in [0.25, 0.3) is 0 Å². The number of piperidine rings is 1. The number of nitrogens with zero attached hydrogens (tertiary/aromatic N) is 2. The molecular formula is C13H17ClN2O2. The topological polar surface area (TPSA) is 53.4 Å². The fraction of sp³-hybridized carbons (Fsp3) is 0.538. The highest BCUT2D eigenvalue weighted by atomic mass is 35.5. The number of pyridine rings is 1. The summed E-state index contributed by atoms with van der Waals surface area (Å²) < 4.78 is 0. The van der Waals surface area contributed by atoms with Crippen molar-refractivity contribution in [3.63, 3.8) is 0 Å². The molecule has 0 aliphatic carbocycles. The molecule has 0 aromatic carbocycles. The van der Waals surface area contributed by atoms with Crippen molar-refractivity contribution < 1.29 is 9.90 Å². The monoisotopic (exact) mass is 268 g/mol. The standard InChI is InChI=1S/C13H17ClN2O2/c1-8-4-3-5-9(2)16(8)12-11(14)6-10(7-15-12)13(17)18/h6-9H,3-5H2,1-2H3,(H,17,18)/t8-,9+. The third-order valence-electron chi connectivity index (χ3n) is 3.51. The Bertz CT molecular complexity index is 454. The molecule has 1 N–H and O–H groups in total. The SMILES string of the molecule is C[C@@H]1CCC[C@H](C)N1c1ncc(C(=O)O)cc1Cl. The van der Waals surface area contributed by atoms with E-state index in [9.17, 15) is 4.79 Å². The maximum atomic E-state index is 10.9. The highest BCUT2D eigenvalue weighted by molar-refractivity contribution is 6.33. The lowest BCUT2D eigenvalue weighted by Gasteiger charge is -2.40. The van der Waals surface area contributed by atoms with E-state index in [1.807, 2.05) is 0 Å². The third-order valence-corrected chi connectivity index (χ3v) is 3.78. The van der Waals surface area contributed by atoms with Crippen LogP contribution in [0.1, 0.15) is 43.5 Å². The van der Waals surface area contributed by atoms with E-state index < -0.39 is 5.97 Å². The normalized spacial score (nSPS) is 24.1. The number of carboxylic acid groups (broad SMARTS) is 1. The fourth-order valence-electron chi connectivity index (χ4n) is 2.58. The Labute approximate surface area is 112 Å². The lowest BCUT2D eigenvalue weighted by molar-refractivity contribution is 0.0696. The van der Waals surface area contributed by atoms with Crippen LogP contribution in [0.2, 0.25) is 5.02 Å². The van der Waals surface area contributed by atoms with Gasteiger partial charge >= 0.3 is 5.97 Å². The molecule has 1 fully saturated rings. The Kier molecular flexibility index (Phi) is 3.76. The molecule has 0 amide bonds. The molecule has 2 heterocycles. The van der Waals surface area contributed by atoms with E-state index in [0.717, 1.165) is 12.8 Å². The number of carboxylic acids is 1. The highest BCUT2D eigenvalue weighted by Gasteiger charge is 2.27. The second kappa shape index (κ2) is 5.14. The molecule has 1 saturated heterocycles. The molecule has 0 unspecified atom stereocenters. The number of anilines is 1. The van der Waals surface area contributed by atoms with Crippen LogP contribution in [-0.4, -0.2) is 28.1 Å². The smallest absolute Gasteiger partial charge is 0.337 e. The molecule has 1 aromatic rings. The zero-order valence-corrected chi connectivity index (χ0v) is 11.3. The average molecular weight is 269 g/mol. The summed E-state index contributed by atoms with van der Waals surface area (Å²) in [7, 11) is 0.